The second kappa shape index (κ2) is 15.9. The van der Waals surface area contributed by atoms with E-state index in [1.54, 1.807) is 0 Å². The van der Waals surface area contributed by atoms with Gasteiger partial charge in [0.05, 0.1) is 0 Å². The molecule has 7 heavy (non-hydrogen) atoms. The summed E-state index contributed by atoms with van der Waals surface area (Å²) in [6, 6.07) is 0. The van der Waals surface area contributed by atoms with Crippen LogP contribution in [0.15, 0.2) is 0 Å². The maximum absolute atomic E-state index is 8.56. The first-order valence-corrected chi connectivity index (χ1v) is 0.651. The minimum Gasteiger partial charge on any atom is -1.00 e. The van der Waals surface area contributed by atoms with Crippen molar-refractivity contribution >= 4 is 23.5 Å². The molecule has 0 atom stereocenters. The fourth-order valence-corrected chi connectivity index (χ4v) is 0. The van der Waals surface area contributed by atoms with Gasteiger partial charge in [-0.3, -0.25) is 0 Å². The van der Waals surface area contributed by atoms with Crippen LogP contribution in [0.2, 0.25) is 0 Å². The topological polar surface area (TPSA) is 89.0 Å². The summed E-state index contributed by atoms with van der Waals surface area (Å²) in [7, 11) is 0. The molecule has 0 rings (SSSR count). The Morgan fingerprint density at radius 2 is 1.43 bits per heavy atom. The van der Waals surface area contributed by atoms with Crippen molar-refractivity contribution in [1.29, 1.82) is 0 Å². The van der Waals surface area contributed by atoms with Crippen molar-refractivity contribution in [3.05, 3.63) is 0 Å². The van der Waals surface area contributed by atoms with E-state index in [4.69, 9.17) is 15.0 Å². The Bertz CT molecular complexity index is 39.0. The normalized spacial score (nSPS) is 3.43. The molecule has 0 saturated heterocycles. The van der Waals surface area contributed by atoms with Crippen molar-refractivity contribution in [2.45, 2.75) is 0 Å². The number of carboxylic acid groups (broad SMARTS) is 2. The zero-order valence-electron chi connectivity index (χ0n) is 4.30. The molecule has 0 fully saturated rings. The van der Waals surface area contributed by atoms with Gasteiger partial charge in [0.1, 0.15) is 0 Å². The molecule has 0 aromatic rings. The molecule has 0 bridgehead atoms. The van der Waals surface area contributed by atoms with Crippen molar-refractivity contribution in [2.75, 3.05) is 0 Å². The van der Waals surface area contributed by atoms with Gasteiger partial charge in [-0.05, 0) is 0 Å². The van der Waals surface area contributed by atoms with Crippen LogP contribution in [0, 0.1) is 0 Å². The summed E-state index contributed by atoms with van der Waals surface area (Å²) in [6.07, 6.45) is -1.83. The largest absolute Gasteiger partial charge is 1.00 e. The fourth-order valence-electron chi connectivity index (χ4n) is 0. The average molecular weight is 134 g/mol. The van der Waals surface area contributed by atoms with Gasteiger partial charge in [0.15, 0.2) is 17.4 Å². The summed E-state index contributed by atoms with van der Waals surface area (Å²) in [6.45, 7) is 0. The zero-order chi connectivity index (χ0) is 3.58. The second-order valence-electron chi connectivity index (χ2n) is 0.283. The van der Waals surface area contributed by atoms with E-state index in [-0.39, 0.29) is 53.8 Å². The van der Waals surface area contributed by atoms with E-state index in [0.717, 1.165) is 0 Å². The zero-order valence-corrected chi connectivity index (χ0v) is 5.30. The van der Waals surface area contributed by atoms with Crippen LogP contribution < -0.4 is 29.6 Å². The average Bonchev–Trinajstić information content (AvgIpc) is 0.811. The minimum atomic E-state index is -1.83. The number of hydrogen-bond acceptors (Lipinski definition) is 1. The molecular formula is CH8AlNaO4. The maximum Gasteiger partial charge on any atom is 1.00 e. The molecule has 0 unspecified atom stereocenters. The van der Waals surface area contributed by atoms with Crippen molar-refractivity contribution in [2.24, 2.45) is 0 Å². The Kier molecular flexibility index (Phi) is 56.8. The molecule has 0 heterocycles. The van der Waals surface area contributed by atoms with Gasteiger partial charge >= 0.3 is 35.7 Å². The van der Waals surface area contributed by atoms with Gasteiger partial charge < -0.3 is 17.1 Å². The Balaban J connectivity index is -0.00000000750. The third kappa shape index (κ3) is 264. The molecular weight excluding hydrogens is 126 g/mol. The molecule has 0 saturated carbocycles. The van der Waals surface area contributed by atoms with E-state index in [2.05, 4.69) is 0 Å². The number of hydrogen-bond donors (Lipinski definition) is 2. The van der Waals surface area contributed by atoms with Crippen LogP contribution in [0.3, 0.4) is 0 Å². The molecule has 0 aliphatic rings. The van der Waals surface area contributed by atoms with Gasteiger partial charge in [0, 0.05) is 0 Å². The van der Waals surface area contributed by atoms with Gasteiger partial charge in [-0.2, -0.15) is 0 Å². The molecule has 0 aliphatic heterocycles. The third-order valence-electron chi connectivity index (χ3n) is 0. The van der Waals surface area contributed by atoms with Crippen LogP contribution in [-0.2, 0) is 0 Å². The quantitative estimate of drug-likeness (QED) is 0.326. The smallest absolute Gasteiger partial charge is 1.00 e. The molecule has 4 nitrogen and oxygen atoms in total. The molecule has 0 radical (unpaired) electrons. The van der Waals surface area contributed by atoms with Crippen LogP contribution in [0.25, 0.3) is 0 Å². The van der Waals surface area contributed by atoms with Crippen LogP contribution in [0.5, 0.6) is 0 Å². The van der Waals surface area contributed by atoms with Gasteiger partial charge in [-0.15, -0.1) is 0 Å². The van der Waals surface area contributed by atoms with E-state index >= 15 is 0 Å². The van der Waals surface area contributed by atoms with E-state index in [0.29, 0.717) is 0 Å². The molecule has 4 N–H and O–H groups in total. The van der Waals surface area contributed by atoms with E-state index in [1.807, 2.05) is 0 Å². The first kappa shape index (κ1) is 25.1. The molecule has 0 aromatic carbocycles. The van der Waals surface area contributed by atoms with Crippen LogP contribution in [-0.4, -0.2) is 39.2 Å². The van der Waals surface area contributed by atoms with Gasteiger partial charge in [0.25, 0.3) is 0 Å². The molecule has 0 aromatic heterocycles. The van der Waals surface area contributed by atoms with Gasteiger partial charge in [-0.25, -0.2) is 4.79 Å². The first-order valence-electron chi connectivity index (χ1n) is 0.651. The Morgan fingerprint density at radius 1 is 1.43 bits per heavy atom. The summed E-state index contributed by atoms with van der Waals surface area (Å²) < 4.78 is 0. The first-order chi connectivity index (χ1) is 1.73. The Labute approximate surface area is 74.7 Å². The second-order valence-corrected chi connectivity index (χ2v) is 0.283. The minimum absolute atomic E-state index is 0. The summed E-state index contributed by atoms with van der Waals surface area (Å²) in [5.74, 6) is 0. The fraction of sp³-hybridized carbons (Fsp3) is 0. The third-order valence-corrected chi connectivity index (χ3v) is 0. The van der Waals surface area contributed by atoms with Crippen molar-refractivity contribution in [1.82, 2.24) is 0 Å². The molecule has 40 valence electrons. The van der Waals surface area contributed by atoms with Crippen LogP contribution in [0.1, 0.15) is 1.43 Å². The molecule has 6 heteroatoms. The van der Waals surface area contributed by atoms with Crippen LogP contribution >= 0.6 is 0 Å². The Hall–Kier alpha value is 0.762. The SMILES string of the molecule is O.O=C(O)O.[AlH3].[H-].[Na+]. The van der Waals surface area contributed by atoms with Gasteiger partial charge in [-0.1, -0.05) is 0 Å². The predicted molar refractivity (Wildman–Crippen MR) is 25.3 cm³/mol. The summed E-state index contributed by atoms with van der Waals surface area (Å²) in [5.41, 5.74) is 0. The summed E-state index contributed by atoms with van der Waals surface area (Å²) in [5, 5.41) is 13.9. The number of carbonyl (C=O) groups is 1. The van der Waals surface area contributed by atoms with E-state index < -0.39 is 6.16 Å². The van der Waals surface area contributed by atoms with Gasteiger partial charge in [0.2, 0.25) is 0 Å². The van der Waals surface area contributed by atoms with E-state index in [9.17, 15) is 0 Å². The summed E-state index contributed by atoms with van der Waals surface area (Å²) in [4.78, 5) is 8.56. The van der Waals surface area contributed by atoms with Crippen LogP contribution in [0.4, 0.5) is 4.79 Å². The van der Waals surface area contributed by atoms with E-state index in [1.165, 1.54) is 0 Å². The molecule has 0 aliphatic carbocycles. The molecule has 0 spiro atoms. The predicted octanol–water partition coefficient (Wildman–Crippen LogP) is -4.67. The van der Waals surface area contributed by atoms with Crippen molar-refractivity contribution in [3.8, 4) is 0 Å². The summed E-state index contributed by atoms with van der Waals surface area (Å²) >= 11 is 0. The maximum atomic E-state index is 8.56. The Morgan fingerprint density at radius 3 is 1.43 bits per heavy atom. The monoisotopic (exact) mass is 134 g/mol. The number of rotatable bonds is 0. The van der Waals surface area contributed by atoms with Crippen molar-refractivity contribution < 1.29 is 51.5 Å². The van der Waals surface area contributed by atoms with Crippen molar-refractivity contribution in [3.63, 3.8) is 0 Å². The standard InChI is InChI=1S/CH2O3.Al.Na.H2O.4H/c2-1(3)4;;;;;;;/h(H2,2,3,4);;;1H2;;;;/q;;+1;;;;;-1. The molecule has 0 amide bonds.